The molecule has 0 radical (unpaired) electrons. The Hall–Kier alpha value is -0.480. The summed E-state index contributed by atoms with van der Waals surface area (Å²) in [5.74, 6) is 0.935. The Morgan fingerprint density at radius 2 is 2.47 bits per heavy atom. The Morgan fingerprint density at radius 1 is 1.53 bits per heavy atom. The summed E-state index contributed by atoms with van der Waals surface area (Å²) >= 11 is 1.43. The van der Waals surface area contributed by atoms with Crippen molar-refractivity contribution in [3.05, 3.63) is 11.1 Å². The van der Waals surface area contributed by atoms with Crippen LogP contribution in [0.2, 0.25) is 0 Å². The first-order valence-corrected chi connectivity index (χ1v) is 6.71. The van der Waals surface area contributed by atoms with E-state index in [2.05, 4.69) is 21.8 Å². The van der Waals surface area contributed by atoms with Crippen molar-refractivity contribution < 1.29 is 0 Å². The van der Waals surface area contributed by atoms with Gasteiger partial charge < -0.3 is 5.32 Å². The van der Waals surface area contributed by atoms with Gasteiger partial charge >= 0.3 is 0 Å². The van der Waals surface area contributed by atoms with E-state index in [-0.39, 0.29) is 0 Å². The summed E-state index contributed by atoms with van der Waals surface area (Å²) in [7, 11) is 0. The van der Waals surface area contributed by atoms with Crippen molar-refractivity contribution in [3.8, 4) is 0 Å². The van der Waals surface area contributed by atoms with Gasteiger partial charge in [-0.25, -0.2) is 0 Å². The molecule has 84 valence electrons. The van der Waals surface area contributed by atoms with Crippen LogP contribution < -0.4 is 5.32 Å². The molecule has 1 saturated carbocycles. The molecule has 1 aromatic heterocycles. The third-order valence-corrected chi connectivity index (χ3v) is 3.89. The highest BCUT2D eigenvalue weighted by Crippen LogP contribution is 2.26. The third-order valence-electron chi connectivity index (χ3n) is 3.34. The van der Waals surface area contributed by atoms with Gasteiger partial charge in [-0.05, 0) is 30.3 Å². The lowest BCUT2D eigenvalue weighted by atomic mass is 9.84. The van der Waals surface area contributed by atoms with Gasteiger partial charge in [0.15, 0.2) is 0 Å². The average molecular weight is 225 g/mol. The maximum Gasteiger partial charge on any atom is 0.0893 e. The number of hydrogen-bond acceptors (Lipinski definition) is 4. The molecule has 1 aliphatic carbocycles. The van der Waals surface area contributed by atoms with E-state index in [9.17, 15) is 0 Å². The van der Waals surface area contributed by atoms with E-state index >= 15 is 0 Å². The summed E-state index contributed by atoms with van der Waals surface area (Å²) in [6.07, 6.45) is 6.80. The molecule has 0 aliphatic heterocycles. The number of hydrogen-bond donors (Lipinski definition) is 1. The molecule has 0 saturated heterocycles. The highest BCUT2D eigenvalue weighted by atomic mass is 32.1. The van der Waals surface area contributed by atoms with E-state index in [0.29, 0.717) is 6.04 Å². The molecule has 4 heteroatoms. The van der Waals surface area contributed by atoms with Crippen LogP contribution in [0.3, 0.4) is 0 Å². The second-order valence-electron chi connectivity index (χ2n) is 4.41. The topological polar surface area (TPSA) is 37.8 Å². The molecule has 1 fully saturated rings. The first-order chi connectivity index (χ1) is 7.38. The summed E-state index contributed by atoms with van der Waals surface area (Å²) in [6.45, 7) is 3.19. The molecule has 0 amide bonds. The minimum absolute atomic E-state index is 0.699. The van der Waals surface area contributed by atoms with E-state index in [1.54, 1.807) is 0 Å². The predicted molar refractivity (Wildman–Crippen MR) is 62.8 cm³/mol. The van der Waals surface area contributed by atoms with Gasteiger partial charge in [-0.1, -0.05) is 30.7 Å². The van der Waals surface area contributed by atoms with Crippen LogP contribution in [0.4, 0.5) is 0 Å². The zero-order chi connectivity index (χ0) is 10.5. The van der Waals surface area contributed by atoms with Gasteiger partial charge in [-0.3, -0.25) is 0 Å². The molecule has 1 N–H and O–H groups in total. The van der Waals surface area contributed by atoms with Gasteiger partial charge in [0.1, 0.15) is 0 Å². The Kier molecular flexibility index (Phi) is 4.09. The zero-order valence-corrected chi connectivity index (χ0v) is 10.1. The van der Waals surface area contributed by atoms with E-state index in [4.69, 9.17) is 0 Å². The van der Waals surface area contributed by atoms with Gasteiger partial charge in [0.2, 0.25) is 0 Å². The van der Waals surface area contributed by atoms with E-state index < -0.39 is 0 Å². The standard InChI is InChI=1S/C11H19N3S/c1-2-9-4-3-5-10(6-9)12-7-11-8-15-14-13-11/h8-10,12H,2-7H2,1H3. The fraction of sp³-hybridized carbons (Fsp3) is 0.818. The van der Waals surface area contributed by atoms with Crippen molar-refractivity contribution in [2.45, 2.75) is 51.6 Å². The van der Waals surface area contributed by atoms with Gasteiger partial charge in [0, 0.05) is 18.0 Å². The predicted octanol–water partition coefficient (Wildman–Crippen LogP) is 2.60. The molecule has 15 heavy (non-hydrogen) atoms. The second kappa shape index (κ2) is 5.56. The molecule has 0 aromatic carbocycles. The van der Waals surface area contributed by atoms with Crippen LogP contribution >= 0.6 is 11.5 Å². The van der Waals surface area contributed by atoms with Crippen LogP contribution in [-0.4, -0.2) is 15.6 Å². The minimum atomic E-state index is 0.699. The molecule has 2 rings (SSSR count). The molecule has 0 spiro atoms. The number of nitrogens with zero attached hydrogens (tertiary/aromatic N) is 2. The van der Waals surface area contributed by atoms with E-state index in [1.807, 2.05) is 5.38 Å². The fourth-order valence-corrected chi connectivity index (χ4v) is 2.81. The lowest BCUT2D eigenvalue weighted by Crippen LogP contribution is -2.33. The summed E-state index contributed by atoms with van der Waals surface area (Å²) in [5.41, 5.74) is 1.08. The average Bonchev–Trinajstić information content (AvgIpc) is 2.79. The quantitative estimate of drug-likeness (QED) is 0.856. The van der Waals surface area contributed by atoms with Gasteiger partial charge in [0.25, 0.3) is 0 Å². The summed E-state index contributed by atoms with van der Waals surface area (Å²) in [4.78, 5) is 0. The Bertz CT molecular complexity index is 273. The van der Waals surface area contributed by atoms with Crippen molar-refractivity contribution in [3.63, 3.8) is 0 Å². The van der Waals surface area contributed by atoms with E-state index in [1.165, 1.54) is 43.6 Å². The molecule has 1 heterocycles. The fourth-order valence-electron chi connectivity index (χ4n) is 2.36. The largest absolute Gasteiger partial charge is 0.308 e. The maximum absolute atomic E-state index is 4.05. The van der Waals surface area contributed by atoms with Crippen molar-refractivity contribution in [1.29, 1.82) is 0 Å². The van der Waals surface area contributed by atoms with Crippen molar-refractivity contribution in [1.82, 2.24) is 14.9 Å². The third kappa shape index (κ3) is 3.24. The SMILES string of the molecule is CCC1CCCC(NCc2csnn2)C1. The molecular formula is C11H19N3S. The summed E-state index contributed by atoms with van der Waals surface area (Å²) < 4.78 is 3.87. The van der Waals surface area contributed by atoms with Crippen molar-refractivity contribution in [2.75, 3.05) is 0 Å². The van der Waals surface area contributed by atoms with Crippen LogP contribution in [0, 0.1) is 5.92 Å². The van der Waals surface area contributed by atoms with Gasteiger partial charge in [-0.2, -0.15) is 0 Å². The number of rotatable bonds is 4. The monoisotopic (exact) mass is 225 g/mol. The van der Waals surface area contributed by atoms with Gasteiger partial charge in [-0.15, -0.1) is 5.10 Å². The normalized spacial score (nSPS) is 26.7. The molecular weight excluding hydrogens is 206 g/mol. The van der Waals surface area contributed by atoms with Gasteiger partial charge in [0.05, 0.1) is 5.69 Å². The first-order valence-electron chi connectivity index (χ1n) is 5.87. The van der Waals surface area contributed by atoms with Crippen LogP contribution in [0.25, 0.3) is 0 Å². The second-order valence-corrected chi connectivity index (χ2v) is 5.02. The Labute approximate surface area is 95.4 Å². The lowest BCUT2D eigenvalue weighted by Gasteiger charge is -2.28. The van der Waals surface area contributed by atoms with Crippen molar-refractivity contribution in [2.24, 2.45) is 5.92 Å². The summed E-state index contributed by atoms with van der Waals surface area (Å²) in [6, 6.07) is 0.699. The van der Waals surface area contributed by atoms with Crippen LogP contribution in [0.15, 0.2) is 5.38 Å². The smallest absolute Gasteiger partial charge is 0.0893 e. The zero-order valence-electron chi connectivity index (χ0n) is 9.28. The van der Waals surface area contributed by atoms with E-state index in [0.717, 1.165) is 18.2 Å². The van der Waals surface area contributed by atoms with Crippen molar-refractivity contribution >= 4 is 11.5 Å². The number of aromatic nitrogens is 2. The molecule has 2 atom stereocenters. The lowest BCUT2D eigenvalue weighted by molar-refractivity contribution is 0.278. The van der Waals surface area contributed by atoms with Crippen LogP contribution in [0.1, 0.15) is 44.7 Å². The maximum atomic E-state index is 4.05. The first kappa shape index (κ1) is 11.0. The Balaban J connectivity index is 1.74. The molecule has 1 aromatic rings. The number of nitrogens with one attached hydrogen (secondary N) is 1. The molecule has 1 aliphatic rings. The van der Waals surface area contributed by atoms with Crippen LogP contribution in [-0.2, 0) is 6.54 Å². The highest BCUT2D eigenvalue weighted by Gasteiger charge is 2.20. The summed E-state index contributed by atoms with van der Waals surface area (Å²) in [5, 5.41) is 9.66. The highest BCUT2D eigenvalue weighted by molar-refractivity contribution is 7.03. The molecule has 3 nitrogen and oxygen atoms in total. The molecule has 2 unspecified atom stereocenters. The van der Waals surface area contributed by atoms with Crippen LogP contribution in [0.5, 0.6) is 0 Å². The Morgan fingerprint density at radius 3 is 3.20 bits per heavy atom. The molecule has 0 bridgehead atoms. The minimum Gasteiger partial charge on any atom is -0.308 e.